The molecule has 45 valence electrons. The van der Waals surface area contributed by atoms with Crippen LogP contribution in [-0.4, -0.2) is 23.4 Å². The normalized spacial score (nSPS) is 5.43. The average molecular weight is 150 g/mol. The number of aliphatic hydroxyl groups is 2. The monoisotopic (exact) mass is 149 g/mol. The van der Waals surface area contributed by atoms with Gasteiger partial charge in [0.05, 0.1) is 0 Å². The minimum absolute atomic E-state index is 0. The van der Waals surface area contributed by atoms with Crippen LogP contribution < -0.4 is 0 Å². The fourth-order valence-corrected chi connectivity index (χ4v) is 0.112. The minimum Gasteiger partial charge on any atom is -0.384 e. The molecule has 0 saturated carbocycles. The van der Waals surface area contributed by atoms with E-state index in [1.807, 2.05) is 0 Å². The molecule has 0 aromatic carbocycles. The Hall–Kier alpha value is -0.000519. The third kappa shape index (κ3) is 10.7. The van der Waals surface area contributed by atoms with Crippen LogP contribution in [0.1, 0.15) is 0 Å². The van der Waals surface area contributed by atoms with E-state index in [0.717, 1.165) is 0 Å². The Morgan fingerprint density at radius 3 is 1.43 bits per heavy atom. The Kier molecular flexibility index (Phi) is 13.5. The van der Waals surface area contributed by atoms with E-state index in [2.05, 4.69) is 11.8 Å². The van der Waals surface area contributed by atoms with Crippen LogP contribution in [0.4, 0.5) is 0 Å². The van der Waals surface area contributed by atoms with E-state index >= 15 is 0 Å². The van der Waals surface area contributed by atoms with Crippen molar-refractivity contribution in [2.45, 2.75) is 0 Å². The predicted octanol–water partition coefficient (Wildman–Crippen LogP) is -1.03. The van der Waals surface area contributed by atoms with Crippen molar-refractivity contribution in [3.63, 3.8) is 0 Å². The molecule has 0 amide bonds. The molecule has 1 radical (unpaired) electrons. The van der Waals surface area contributed by atoms with Crippen molar-refractivity contribution in [3.05, 3.63) is 0 Å². The Labute approximate surface area is 53.0 Å². The summed E-state index contributed by atoms with van der Waals surface area (Å²) in [7, 11) is 0. The van der Waals surface area contributed by atoms with Gasteiger partial charge in [-0.3, -0.25) is 0 Å². The molecule has 0 heterocycles. The standard InChI is InChI=1S/C4H6O2.Cu/c5-3-1-2-4-6;/h5-6H,3-4H2;. The van der Waals surface area contributed by atoms with Gasteiger partial charge in [0, 0.05) is 17.1 Å². The van der Waals surface area contributed by atoms with Crippen LogP contribution in [-0.2, 0) is 17.1 Å². The van der Waals surface area contributed by atoms with Crippen molar-refractivity contribution in [1.82, 2.24) is 0 Å². The second-order valence-electron chi connectivity index (χ2n) is 0.670. The van der Waals surface area contributed by atoms with Crippen molar-refractivity contribution in [2.75, 3.05) is 13.2 Å². The summed E-state index contributed by atoms with van der Waals surface area (Å²) in [6.45, 7) is -0.332. The molecule has 7 heavy (non-hydrogen) atoms. The fraction of sp³-hybridized carbons (Fsp3) is 0.500. The number of hydrogen-bond acceptors (Lipinski definition) is 2. The van der Waals surface area contributed by atoms with Gasteiger partial charge in [-0.25, -0.2) is 0 Å². The van der Waals surface area contributed by atoms with Crippen LogP contribution in [0.3, 0.4) is 0 Å². The van der Waals surface area contributed by atoms with Crippen LogP contribution in [0.25, 0.3) is 0 Å². The summed E-state index contributed by atoms with van der Waals surface area (Å²) in [5, 5.41) is 15.8. The summed E-state index contributed by atoms with van der Waals surface area (Å²) in [5.41, 5.74) is 0. The molecule has 0 saturated heterocycles. The molecule has 2 N–H and O–H groups in total. The fourth-order valence-electron chi connectivity index (χ4n) is 0.112. The Morgan fingerprint density at radius 2 is 1.29 bits per heavy atom. The molecule has 0 atom stereocenters. The molecule has 0 aliphatic rings. The predicted molar refractivity (Wildman–Crippen MR) is 21.9 cm³/mol. The molecule has 0 aliphatic heterocycles. The van der Waals surface area contributed by atoms with Crippen molar-refractivity contribution in [2.24, 2.45) is 0 Å². The van der Waals surface area contributed by atoms with E-state index in [0.29, 0.717) is 0 Å². The van der Waals surface area contributed by atoms with Gasteiger partial charge >= 0.3 is 0 Å². The summed E-state index contributed by atoms with van der Waals surface area (Å²) >= 11 is 0. The first-order chi connectivity index (χ1) is 2.91. The van der Waals surface area contributed by atoms with Gasteiger partial charge in [0.25, 0.3) is 0 Å². The molecular formula is C4H6CuO2. The van der Waals surface area contributed by atoms with Gasteiger partial charge in [-0.15, -0.1) is 0 Å². The summed E-state index contributed by atoms with van der Waals surface area (Å²) in [5.74, 6) is 4.51. The van der Waals surface area contributed by atoms with Gasteiger partial charge in [0.15, 0.2) is 0 Å². The van der Waals surface area contributed by atoms with Crippen molar-refractivity contribution in [3.8, 4) is 11.8 Å². The SMILES string of the molecule is OCC#CCO.[Cu]. The van der Waals surface area contributed by atoms with E-state index in [4.69, 9.17) is 10.2 Å². The van der Waals surface area contributed by atoms with Crippen LogP contribution in [0, 0.1) is 11.8 Å². The smallest absolute Gasteiger partial charge is 0.104 e. The Morgan fingerprint density at radius 1 is 1.00 bits per heavy atom. The summed E-state index contributed by atoms with van der Waals surface area (Å²) < 4.78 is 0. The third-order valence-electron chi connectivity index (χ3n) is 0.283. The first kappa shape index (κ1) is 10.1. The van der Waals surface area contributed by atoms with Gasteiger partial charge in [0.1, 0.15) is 13.2 Å². The summed E-state index contributed by atoms with van der Waals surface area (Å²) in [4.78, 5) is 0. The molecule has 0 aliphatic carbocycles. The Balaban J connectivity index is 0. The van der Waals surface area contributed by atoms with Gasteiger partial charge in [-0.2, -0.15) is 0 Å². The quantitative estimate of drug-likeness (QED) is 0.342. The zero-order valence-corrected chi connectivity index (χ0v) is 4.55. The van der Waals surface area contributed by atoms with Gasteiger partial charge < -0.3 is 10.2 Å². The largest absolute Gasteiger partial charge is 0.384 e. The van der Waals surface area contributed by atoms with E-state index in [-0.39, 0.29) is 30.3 Å². The van der Waals surface area contributed by atoms with Crippen LogP contribution in [0.2, 0.25) is 0 Å². The van der Waals surface area contributed by atoms with E-state index in [9.17, 15) is 0 Å². The average Bonchev–Trinajstić information content (AvgIpc) is 1.61. The first-order valence-electron chi connectivity index (χ1n) is 1.59. The zero-order valence-electron chi connectivity index (χ0n) is 3.61. The number of rotatable bonds is 0. The van der Waals surface area contributed by atoms with Crippen LogP contribution in [0.5, 0.6) is 0 Å². The summed E-state index contributed by atoms with van der Waals surface area (Å²) in [6, 6.07) is 0. The molecule has 0 spiro atoms. The molecular weight excluding hydrogens is 144 g/mol. The first-order valence-corrected chi connectivity index (χ1v) is 1.59. The second kappa shape index (κ2) is 9.37. The third-order valence-corrected chi connectivity index (χ3v) is 0.283. The topological polar surface area (TPSA) is 40.5 Å². The molecule has 3 heteroatoms. The van der Waals surface area contributed by atoms with Gasteiger partial charge in [-0.1, -0.05) is 11.8 Å². The number of hydrogen-bond donors (Lipinski definition) is 2. The molecule has 2 nitrogen and oxygen atoms in total. The maximum Gasteiger partial charge on any atom is 0.104 e. The second-order valence-corrected chi connectivity index (χ2v) is 0.670. The minimum atomic E-state index is -0.166. The molecule has 0 rings (SSSR count). The molecule has 0 unspecified atom stereocenters. The van der Waals surface area contributed by atoms with E-state index in [1.54, 1.807) is 0 Å². The van der Waals surface area contributed by atoms with E-state index < -0.39 is 0 Å². The maximum atomic E-state index is 7.91. The zero-order chi connectivity index (χ0) is 4.83. The molecule has 0 fully saturated rings. The van der Waals surface area contributed by atoms with Gasteiger partial charge in [-0.05, 0) is 0 Å². The van der Waals surface area contributed by atoms with Crippen LogP contribution in [0.15, 0.2) is 0 Å². The van der Waals surface area contributed by atoms with Crippen LogP contribution >= 0.6 is 0 Å². The van der Waals surface area contributed by atoms with Crippen molar-refractivity contribution < 1.29 is 27.3 Å². The van der Waals surface area contributed by atoms with Crippen molar-refractivity contribution in [1.29, 1.82) is 0 Å². The summed E-state index contributed by atoms with van der Waals surface area (Å²) in [6.07, 6.45) is 0. The maximum absolute atomic E-state index is 7.91. The van der Waals surface area contributed by atoms with Crippen molar-refractivity contribution >= 4 is 0 Å². The number of aliphatic hydroxyl groups excluding tert-OH is 2. The van der Waals surface area contributed by atoms with E-state index in [1.165, 1.54) is 0 Å². The van der Waals surface area contributed by atoms with Gasteiger partial charge in [0.2, 0.25) is 0 Å². The molecule has 0 aromatic rings. The Bertz CT molecular complexity index is 63.5. The molecule has 0 bridgehead atoms. The molecule has 0 aromatic heterocycles.